The summed E-state index contributed by atoms with van der Waals surface area (Å²) in [5.74, 6) is -0.499. The average Bonchev–Trinajstić information content (AvgIpc) is 3.06. The molecule has 1 unspecified atom stereocenters. The van der Waals surface area contributed by atoms with Crippen molar-refractivity contribution in [2.24, 2.45) is 5.92 Å². The van der Waals surface area contributed by atoms with Gasteiger partial charge in [-0.15, -0.1) is 0 Å². The topological polar surface area (TPSA) is 46.5 Å². The highest BCUT2D eigenvalue weighted by molar-refractivity contribution is 6.32. The van der Waals surface area contributed by atoms with E-state index in [0.717, 1.165) is 18.4 Å². The van der Waals surface area contributed by atoms with Gasteiger partial charge in [0.2, 0.25) is 0 Å². The lowest BCUT2D eigenvalue weighted by Gasteiger charge is -2.10. The summed E-state index contributed by atoms with van der Waals surface area (Å²) in [6, 6.07) is 5.49. The zero-order chi connectivity index (χ0) is 12.4. The molecular weight excluding hydrogens is 240 g/mol. The Morgan fingerprint density at radius 1 is 1.59 bits per heavy atom. The second-order valence-electron chi connectivity index (χ2n) is 4.53. The smallest absolute Gasteiger partial charge is 0.306 e. The molecule has 1 aromatic carbocycles. The molecule has 1 N–H and O–H groups in total. The van der Waals surface area contributed by atoms with Gasteiger partial charge in [-0.2, -0.15) is 0 Å². The van der Waals surface area contributed by atoms with Crippen molar-refractivity contribution >= 4 is 17.6 Å². The van der Waals surface area contributed by atoms with Gasteiger partial charge in [0.15, 0.2) is 0 Å². The normalized spacial score (nSPS) is 16.6. The van der Waals surface area contributed by atoms with Crippen LogP contribution in [0.25, 0.3) is 0 Å². The van der Waals surface area contributed by atoms with E-state index in [-0.39, 0.29) is 0 Å². The predicted molar refractivity (Wildman–Crippen MR) is 65.6 cm³/mol. The largest absolute Gasteiger partial charge is 0.489 e. The Kier molecular flexibility index (Phi) is 3.57. The molecule has 0 aliphatic heterocycles. The number of benzene rings is 1. The van der Waals surface area contributed by atoms with Crippen molar-refractivity contribution in [1.82, 2.24) is 0 Å². The lowest BCUT2D eigenvalue weighted by Crippen LogP contribution is -2.12. The fraction of sp³-hybridized carbons (Fsp3) is 0.462. The van der Waals surface area contributed by atoms with Crippen molar-refractivity contribution in [1.29, 1.82) is 0 Å². The van der Waals surface area contributed by atoms with Gasteiger partial charge >= 0.3 is 5.97 Å². The van der Waals surface area contributed by atoms with Crippen molar-refractivity contribution in [2.45, 2.75) is 32.3 Å². The lowest BCUT2D eigenvalue weighted by molar-refractivity contribution is -0.141. The number of rotatable bonds is 5. The summed E-state index contributed by atoms with van der Waals surface area (Å²) in [5.41, 5.74) is 0.924. The quantitative estimate of drug-likeness (QED) is 0.878. The van der Waals surface area contributed by atoms with Crippen LogP contribution in [0.2, 0.25) is 5.02 Å². The molecule has 0 saturated heterocycles. The highest BCUT2D eigenvalue weighted by Gasteiger charge is 2.24. The number of ether oxygens (including phenoxy) is 1. The van der Waals surface area contributed by atoms with Crippen LogP contribution in [-0.2, 0) is 11.2 Å². The van der Waals surface area contributed by atoms with E-state index >= 15 is 0 Å². The van der Waals surface area contributed by atoms with E-state index in [1.807, 2.05) is 12.1 Å². The van der Waals surface area contributed by atoms with Crippen molar-refractivity contribution in [3.63, 3.8) is 0 Å². The molecule has 1 aromatic rings. The number of hydrogen-bond donors (Lipinski definition) is 1. The van der Waals surface area contributed by atoms with Crippen LogP contribution in [0.4, 0.5) is 0 Å². The number of carboxylic acids is 1. The lowest BCUT2D eigenvalue weighted by atomic mass is 10.0. The third kappa shape index (κ3) is 3.37. The first-order valence-electron chi connectivity index (χ1n) is 5.74. The summed E-state index contributed by atoms with van der Waals surface area (Å²) in [6.45, 7) is 1.69. The van der Waals surface area contributed by atoms with Gasteiger partial charge in [0.25, 0.3) is 0 Å². The van der Waals surface area contributed by atoms with Crippen LogP contribution in [0.3, 0.4) is 0 Å². The van der Waals surface area contributed by atoms with E-state index < -0.39 is 11.9 Å². The van der Waals surface area contributed by atoms with E-state index in [4.69, 9.17) is 21.4 Å². The van der Waals surface area contributed by atoms with Gasteiger partial charge in [-0.1, -0.05) is 24.6 Å². The zero-order valence-corrected chi connectivity index (χ0v) is 10.4. The van der Waals surface area contributed by atoms with E-state index in [1.165, 1.54) is 0 Å². The number of aliphatic carboxylic acids is 1. The SMILES string of the molecule is CC(Cc1ccc(OC2CC2)c(Cl)c1)C(=O)O. The maximum Gasteiger partial charge on any atom is 0.306 e. The van der Waals surface area contributed by atoms with Crippen LogP contribution in [0.5, 0.6) is 5.75 Å². The molecule has 0 spiro atoms. The molecule has 0 heterocycles. The molecule has 17 heavy (non-hydrogen) atoms. The first kappa shape index (κ1) is 12.2. The molecule has 1 saturated carbocycles. The van der Waals surface area contributed by atoms with Crippen LogP contribution in [0.15, 0.2) is 18.2 Å². The second-order valence-corrected chi connectivity index (χ2v) is 4.93. The molecule has 0 aromatic heterocycles. The van der Waals surface area contributed by atoms with Gasteiger partial charge in [-0.3, -0.25) is 4.79 Å². The Bertz CT molecular complexity index is 427. The van der Waals surface area contributed by atoms with Crippen LogP contribution < -0.4 is 4.74 Å². The third-order valence-electron chi connectivity index (χ3n) is 2.78. The minimum Gasteiger partial charge on any atom is -0.489 e. The van der Waals surface area contributed by atoms with E-state index in [0.29, 0.717) is 23.3 Å². The first-order valence-corrected chi connectivity index (χ1v) is 6.12. The molecule has 0 bridgehead atoms. The maximum absolute atomic E-state index is 10.8. The number of carboxylic acid groups (broad SMARTS) is 1. The molecule has 4 heteroatoms. The van der Waals surface area contributed by atoms with Crippen molar-refractivity contribution in [3.8, 4) is 5.75 Å². The first-order chi connectivity index (χ1) is 8.06. The monoisotopic (exact) mass is 254 g/mol. The van der Waals surface area contributed by atoms with Crippen LogP contribution in [-0.4, -0.2) is 17.2 Å². The average molecular weight is 255 g/mol. The Morgan fingerprint density at radius 3 is 2.82 bits per heavy atom. The summed E-state index contributed by atoms with van der Waals surface area (Å²) >= 11 is 6.09. The number of hydrogen-bond acceptors (Lipinski definition) is 2. The van der Waals surface area contributed by atoms with Gasteiger partial charge in [-0.05, 0) is 37.0 Å². The highest BCUT2D eigenvalue weighted by Crippen LogP contribution is 2.32. The molecule has 2 rings (SSSR count). The molecule has 1 aliphatic carbocycles. The van der Waals surface area contributed by atoms with E-state index in [1.54, 1.807) is 13.0 Å². The summed E-state index contributed by atoms with van der Waals surface area (Å²) < 4.78 is 5.62. The van der Waals surface area contributed by atoms with Crippen LogP contribution in [0, 0.1) is 5.92 Å². The predicted octanol–water partition coefficient (Wildman–Crippen LogP) is 3.14. The van der Waals surface area contributed by atoms with Gasteiger partial charge in [0.05, 0.1) is 17.0 Å². The van der Waals surface area contributed by atoms with Gasteiger partial charge in [0, 0.05) is 0 Å². The Hall–Kier alpha value is -1.22. The standard InChI is InChI=1S/C13H15ClO3/c1-8(13(15)16)6-9-2-5-12(11(14)7-9)17-10-3-4-10/h2,5,7-8,10H,3-4,6H2,1H3,(H,15,16). The van der Waals surface area contributed by atoms with Gasteiger partial charge in [0.1, 0.15) is 5.75 Å². The zero-order valence-electron chi connectivity index (χ0n) is 9.65. The van der Waals surface area contributed by atoms with Gasteiger partial charge < -0.3 is 9.84 Å². The molecule has 1 atom stereocenters. The fourth-order valence-electron chi connectivity index (χ4n) is 1.57. The van der Waals surface area contributed by atoms with E-state index in [2.05, 4.69) is 0 Å². The van der Waals surface area contributed by atoms with Crippen LogP contribution in [0.1, 0.15) is 25.3 Å². The Balaban J connectivity index is 2.04. The van der Waals surface area contributed by atoms with E-state index in [9.17, 15) is 4.79 Å². The molecule has 92 valence electrons. The molecule has 1 fully saturated rings. The van der Waals surface area contributed by atoms with Crippen LogP contribution >= 0.6 is 11.6 Å². The number of carbonyl (C=O) groups is 1. The van der Waals surface area contributed by atoms with Gasteiger partial charge in [-0.25, -0.2) is 0 Å². The van der Waals surface area contributed by atoms with Crippen molar-refractivity contribution in [3.05, 3.63) is 28.8 Å². The summed E-state index contributed by atoms with van der Waals surface area (Å²) in [4.78, 5) is 10.8. The molecule has 0 radical (unpaired) electrons. The Labute approximate surface area is 105 Å². The minimum absolute atomic E-state index is 0.316. The third-order valence-corrected chi connectivity index (χ3v) is 3.07. The molecule has 1 aliphatic rings. The Morgan fingerprint density at radius 2 is 2.29 bits per heavy atom. The highest BCUT2D eigenvalue weighted by atomic mass is 35.5. The van der Waals surface area contributed by atoms with Crippen molar-refractivity contribution in [2.75, 3.05) is 0 Å². The maximum atomic E-state index is 10.8. The number of halogens is 1. The van der Waals surface area contributed by atoms with Crippen molar-refractivity contribution < 1.29 is 14.6 Å². The molecule has 3 nitrogen and oxygen atoms in total. The second kappa shape index (κ2) is 4.96. The summed E-state index contributed by atoms with van der Waals surface area (Å²) in [7, 11) is 0. The minimum atomic E-state index is -0.792. The summed E-state index contributed by atoms with van der Waals surface area (Å²) in [5, 5.41) is 9.40. The molecular formula is C13H15ClO3. The summed E-state index contributed by atoms with van der Waals surface area (Å²) in [6.07, 6.45) is 2.98. The molecule has 0 amide bonds. The fourth-order valence-corrected chi connectivity index (χ4v) is 1.82.